The van der Waals surface area contributed by atoms with Crippen LogP contribution in [0.3, 0.4) is 0 Å². The molecule has 3 heteroatoms. The molecule has 0 spiro atoms. The second-order valence-corrected chi connectivity index (χ2v) is 6.07. The summed E-state index contributed by atoms with van der Waals surface area (Å²) in [7, 11) is 0. The van der Waals surface area contributed by atoms with Crippen molar-refractivity contribution in [1.29, 1.82) is 5.26 Å². The molecule has 0 bridgehead atoms. The average Bonchev–Trinajstić information content (AvgIpc) is 2.50. The Balaban J connectivity index is 2.24. The van der Waals surface area contributed by atoms with Crippen LogP contribution in [0.15, 0.2) is 42.5 Å². The van der Waals surface area contributed by atoms with Crippen molar-refractivity contribution in [3.63, 3.8) is 0 Å². The molecule has 0 heterocycles. The molecule has 0 aromatic heterocycles. The van der Waals surface area contributed by atoms with Crippen LogP contribution >= 0.6 is 0 Å². The lowest BCUT2D eigenvalue weighted by Gasteiger charge is -2.17. The molecule has 0 atom stereocenters. The third-order valence-electron chi connectivity index (χ3n) is 3.89. The van der Waals surface area contributed by atoms with E-state index in [1.807, 2.05) is 70.2 Å². The third kappa shape index (κ3) is 3.35. The Morgan fingerprint density at radius 3 is 2.45 bits per heavy atom. The number of aryl methyl sites for hydroxylation is 2. The Bertz CT molecular complexity index is 754. The summed E-state index contributed by atoms with van der Waals surface area (Å²) in [5, 5.41) is 12.1. The number of anilines is 1. The van der Waals surface area contributed by atoms with Gasteiger partial charge in [-0.15, -0.1) is 0 Å². The van der Waals surface area contributed by atoms with Crippen LogP contribution in [0.4, 0.5) is 5.69 Å². The Kier molecular flexibility index (Phi) is 4.32. The van der Waals surface area contributed by atoms with Crippen molar-refractivity contribution in [2.45, 2.75) is 33.1 Å². The summed E-state index contributed by atoms with van der Waals surface area (Å²) in [5.41, 5.74) is 3.88. The smallest absolute Gasteiger partial charge is 0.255 e. The highest BCUT2D eigenvalue weighted by Gasteiger charge is 2.20. The molecule has 0 radical (unpaired) electrons. The predicted octanol–water partition coefficient (Wildman–Crippen LogP) is 4.36. The van der Waals surface area contributed by atoms with Gasteiger partial charge in [0.1, 0.15) is 0 Å². The molecule has 0 saturated heterocycles. The lowest BCUT2D eigenvalue weighted by Crippen LogP contribution is -2.16. The van der Waals surface area contributed by atoms with Crippen LogP contribution in [0, 0.1) is 25.2 Å². The minimum atomic E-state index is -0.582. The minimum Gasteiger partial charge on any atom is -0.322 e. The Hall–Kier alpha value is -2.60. The van der Waals surface area contributed by atoms with E-state index in [0.29, 0.717) is 11.3 Å². The fraction of sp³-hybridized carbons (Fsp3) is 0.263. The Morgan fingerprint density at radius 2 is 1.82 bits per heavy atom. The molecule has 112 valence electrons. The number of benzene rings is 2. The molecule has 1 N–H and O–H groups in total. The normalized spacial score (nSPS) is 10.9. The summed E-state index contributed by atoms with van der Waals surface area (Å²) in [4.78, 5) is 12.3. The highest BCUT2D eigenvalue weighted by molar-refractivity contribution is 6.04. The fourth-order valence-corrected chi connectivity index (χ4v) is 2.14. The number of rotatable bonds is 3. The molecule has 2 rings (SSSR count). The van der Waals surface area contributed by atoms with Crippen LogP contribution in [0.2, 0.25) is 0 Å². The van der Waals surface area contributed by atoms with Crippen LogP contribution in [0.5, 0.6) is 0 Å². The number of amides is 1. The molecule has 22 heavy (non-hydrogen) atoms. The molecule has 0 unspecified atom stereocenters. The maximum absolute atomic E-state index is 12.3. The van der Waals surface area contributed by atoms with Gasteiger partial charge >= 0.3 is 0 Å². The van der Waals surface area contributed by atoms with Gasteiger partial charge in [0.15, 0.2) is 0 Å². The lowest BCUT2D eigenvalue weighted by molar-refractivity contribution is 0.102. The summed E-state index contributed by atoms with van der Waals surface area (Å²) in [6, 6.07) is 15.3. The molecule has 1 amide bonds. The first-order valence-electron chi connectivity index (χ1n) is 7.24. The SMILES string of the molecule is Cc1ccc(C(=O)Nc2cccc(C(C)(C)C#N)c2)cc1C. The first-order valence-corrected chi connectivity index (χ1v) is 7.24. The van der Waals surface area contributed by atoms with E-state index < -0.39 is 5.41 Å². The monoisotopic (exact) mass is 292 g/mol. The van der Waals surface area contributed by atoms with E-state index in [2.05, 4.69) is 11.4 Å². The maximum atomic E-state index is 12.3. The van der Waals surface area contributed by atoms with E-state index in [1.165, 1.54) is 0 Å². The van der Waals surface area contributed by atoms with Crippen LogP contribution in [0.1, 0.15) is 40.9 Å². The van der Waals surface area contributed by atoms with Gasteiger partial charge in [0.25, 0.3) is 5.91 Å². The fourth-order valence-electron chi connectivity index (χ4n) is 2.14. The zero-order valence-electron chi connectivity index (χ0n) is 13.4. The molecule has 2 aromatic carbocycles. The van der Waals surface area contributed by atoms with Gasteiger partial charge in [-0.05, 0) is 68.7 Å². The van der Waals surface area contributed by atoms with Crippen molar-refractivity contribution in [2.24, 2.45) is 0 Å². The van der Waals surface area contributed by atoms with Gasteiger partial charge in [0.2, 0.25) is 0 Å². The topological polar surface area (TPSA) is 52.9 Å². The third-order valence-corrected chi connectivity index (χ3v) is 3.89. The van der Waals surface area contributed by atoms with E-state index in [0.717, 1.165) is 16.7 Å². The van der Waals surface area contributed by atoms with Crippen LogP contribution in [-0.4, -0.2) is 5.91 Å². The van der Waals surface area contributed by atoms with E-state index >= 15 is 0 Å². The van der Waals surface area contributed by atoms with Crippen molar-refractivity contribution in [1.82, 2.24) is 0 Å². The molecule has 0 saturated carbocycles. The van der Waals surface area contributed by atoms with E-state index in [1.54, 1.807) is 0 Å². The standard InChI is InChI=1S/C19H20N2O/c1-13-8-9-15(10-14(13)2)18(22)21-17-7-5-6-16(11-17)19(3,4)12-20/h5-11H,1-4H3,(H,21,22). The highest BCUT2D eigenvalue weighted by Crippen LogP contribution is 2.25. The largest absolute Gasteiger partial charge is 0.322 e. The van der Waals surface area contributed by atoms with Gasteiger partial charge < -0.3 is 5.32 Å². The Morgan fingerprint density at radius 1 is 1.09 bits per heavy atom. The molecular formula is C19H20N2O. The summed E-state index contributed by atoms with van der Waals surface area (Å²) < 4.78 is 0. The van der Waals surface area contributed by atoms with Gasteiger partial charge in [0.05, 0.1) is 11.5 Å². The van der Waals surface area contributed by atoms with Crippen molar-refractivity contribution in [3.05, 3.63) is 64.7 Å². The van der Waals surface area contributed by atoms with E-state index in [9.17, 15) is 10.1 Å². The first-order chi connectivity index (χ1) is 10.3. The summed E-state index contributed by atoms with van der Waals surface area (Å²) in [6.45, 7) is 7.72. The zero-order valence-corrected chi connectivity index (χ0v) is 13.4. The van der Waals surface area contributed by atoms with Gasteiger partial charge in [-0.3, -0.25) is 4.79 Å². The quantitative estimate of drug-likeness (QED) is 0.914. The van der Waals surface area contributed by atoms with Crippen molar-refractivity contribution >= 4 is 11.6 Å². The van der Waals surface area contributed by atoms with Crippen LogP contribution in [0.25, 0.3) is 0 Å². The molecular weight excluding hydrogens is 272 g/mol. The van der Waals surface area contributed by atoms with Crippen molar-refractivity contribution < 1.29 is 4.79 Å². The minimum absolute atomic E-state index is 0.144. The van der Waals surface area contributed by atoms with Gasteiger partial charge in [-0.25, -0.2) is 0 Å². The summed E-state index contributed by atoms with van der Waals surface area (Å²) >= 11 is 0. The van der Waals surface area contributed by atoms with E-state index in [-0.39, 0.29) is 5.91 Å². The lowest BCUT2D eigenvalue weighted by atomic mass is 9.86. The van der Waals surface area contributed by atoms with Gasteiger partial charge in [-0.1, -0.05) is 18.2 Å². The molecule has 0 aliphatic carbocycles. The number of nitrogens with one attached hydrogen (secondary N) is 1. The van der Waals surface area contributed by atoms with Crippen molar-refractivity contribution in [3.8, 4) is 6.07 Å². The number of hydrogen-bond acceptors (Lipinski definition) is 2. The average molecular weight is 292 g/mol. The van der Waals surface area contributed by atoms with Crippen LogP contribution in [-0.2, 0) is 5.41 Å². The second-order valence-electron chi connectivity index (χ2n) is 6.07. The van der Waals surface area contributed by atoms with Crippen molar-refractivity contribution in [2.75, 3.05) is 5.32 Å². The number of carbonyl (C=O) groups is 1. The molecule has 2 aromatic rings. The number of nitriles is 1. The molecule has 0 fully saturated rings. The summed E-state index contributed by atoms with van der Waals surface area (Å²) in [5.74, 6) is -0.144. The first kappa shape index (κ1) is 15.8. The van der Waals surface area contributed by atoms with Gasteiger partial charge in [-0.2, -0.15) is 5.26 Å². The molecule has 0 aliphatic heterocycles. The summed E-state index contributed by atoms with van der Waals surface area (Å²) in [6.07, 6.45) is 0. The van der Waals surface area contributed by atoms with E-state index in [4.69, 9.17) is 0 Å². The Labute approximate surface area is 131 Å². The number of nitrogens with zero attached hydrogens (tertiary/aromatic N) is 1. The zero-order chi connectivity index (χ0) is 16.3. The highest BCUT2D eigenvalue weighted by atomic mass is 16.1. The maximum Gasteiger partial charge on any atom is 0.255 e. The number of hydrogen-bond donors (Lipinski definition) is 1. The predicted molar refractivity (Wildman–Crippen MR) is 89.0 cm³/mol. The molecule has 3 nitrogen and oxygen atoms in total. The second kappa shape index (κ2) is 6.03. The molecule has 0 aliphatic rings. The van der Waals surface area contributed by atoms with Gasteiger partial charge in [0, 0.05) is 11.3 Å². The number of carbonyl (C=O) groups excluding carboxylic acids is 1. The van der Waals surface area contributed by atoms with Crippen LogP contribution < -0.4 is 5.32 Å².